The van der Waals surface area contributed by atoms with Crippen molar-refractivity contribution < 1.29 is 76.2 Å². The first-order valence-electron chi connectivity index (χ1n) is 33.7. The Labute approximate surface area is 584 Å². The highest BCUT2D eigenvalue weighted by Crippen LogP contribution is 2.51. The van der Waals surface area contributed by atoms with Crippen LogP contribution in [-0.4, -0.2) is 220 Å². The minimum Gasteiger partial charge on any atom is -0.458 e. The lowest BCUT2D eigenvalue weighted by Gasteiger charge is -2.36. The Kier molecular flexibility index (Phi) is 22.4. The van der Waals surface area contributed by atoms with Crippen LogP contribution in [0.15, 0.2) is 45.6 Å². The van der Waals surface area contributed by atoms with Crippen molar-refractivity contribution in [1.82, 2.24) is 55.7 Å². The lowest BCUT2D eigenvalue weighted by molar-refractivity contribution is -0.163. The summed E-state index contributed by atoms with van der Waals surface area (Å²) < 4.78 is 24.9. The predicted octanol–water partition coefficient (Wildman–Crippen LogP) is 4.21. The third kappa shape index (κ3) is 14.7. The van der Waals surface area contributed by atoms with Crippen molar-refractivity contribution in [3.63, 3.8) is 0 Å². The molecule has 0 saturated carbocycles. The number of hydrogen-bond donors (Lipinski definition) is 5. The fourth-order valence-electron chi connectivity index (χ4n) is 13.7. The molecule has 100 heavy (non-hydrogen) atoms. The van der Waals surface area contributed by atoms with Gasteiger partial charge in [-0.1, -0.05) is 91.3 Å². The molecule has 4 fully saturated rings. The summed E-state index contributed by atoms with van der Waals surface area (Å²) in [4.78, 5) is 203. The second-order valence-electron chi connectivity index (χ2n) is 27.9. The van der Waals surface area contributed by atoms with Gasteiger partial charge in [-0.3, -0.25) is 47.9 Å². The molecule has 0 spiro atoms. The number of benzene rings is 3. The Bertz CT molecular complexity index is 4060. The van der Waals surface area contributed by atoms with Crippen LogP contribution in [0.5, 0.6) is 11.5 Å². The van der Waals surface area contributed by atoms with Crippen LogP contribution in [0, 0.1) is 37.5 Å². The van der Waals surface area contributed by atoms with E-state index in [-0.39, 0.29) is 87.3 Å². The van der Waals surface area contributed by atoms with Crippen molar-refractivity contribution >= 4 is 105 Å². The number of hydrogen-bond acceptors (Lipinski definition) is 19. The number of rotatable bonds is 9. The van der Waals surface area contributed by atoms with Gasteiger partial charge in [0.2, 0.25) is 47.3 Å². The molecule has 10 amide bonds. The summed E-state index contributed by atoms with van der Waals surface area (Å²) in [6.45, 7) is 18.6. The number of fused-ring (bicyclic) bond motifs is 5. The zero-order chi connectivity index (χ0) is 73.5. The number of nitrogens with one attached hydrogen (secondary N) is 5. The van der Waals surface area contributed by atoms with E-state index in [4.69, 9.17) is 35.2 Å². The van der Waals surface area contributed by atoms with Crippen molar-refractivity contribution in [2.24, 2.45) is 23.7 Å². The highest BCUT2D eigenvalue weighted by molar-refractivity contribution is 6.33. The second-order valence-corrected chi connectivity index (χ2v) is 28.3. The summed E-state index contributed by atoms with van der Waals surface area (Å²) in [7, 11) is 5.60. The van der Waals surface area contributed by atoms with Gasteiger partial charge in [-0.2, -0.15) is 0 Å². The van der Waals surface area contributed by atoms with E-state index in [1.165, 1.54) is 92.8 Å². The fraction of sp³-hybridized carbons (Fsp3) is 0.543. The maximum absolute atomic E-state index is 16.1. The number of amides is 10. The van der Waals surface area contributed by atoms with Gasteiger partial charge in [-0.05, 0) is 94.7 Å². The number of carbonyl (C=O) groups is 12. The Balaban J connectivity index is 1.17. The lowest BCUT2D eigenvalue weighted by atomic mass is 9.98. The zero-order valence-electron chi connectivity index (χ0n) is 59.2. The first kappa shape index (κ1) is 74.6. The van der Waals surface area contributed by atoms with Gasteiger partial charge in [0.1, 0.15) is 66.1 Å². The van der Waals surface area contributed by atoms with Crippen LogP contribution in [0.25, 0.3) is 22.4 Å². The van der Waals surface area contributed by atoms with E-state index in [2.05, 4.69) is 26.6 Å². The first-order chi connectivity index (χ1) is 47.1. The van der Waals surface area contributed by atoms with Crippen molar-refractivity contribution in [3.05, 3.63) is 74.1 Å². The standard InChI is InChI=1S/C70H89ClN12O17/c1-31(2)47-66(92)82-27-19-23-42(82)64(90)78(13)29-44(84)80(15)55(33(5)6)69(95)97-37(11)49(62(88)74-47)76-60(86)40-26-25-35(9)57-51(40)72-53-46(54-59(36(10)58(53)99-57)100-68(94)52(73-54)39-21-17-18-22-41(39)71)61(87)77-50-38(12)98-70(96)56(34(7)8)81(16)45(85)30-79(14)65(91)43-24-20-28-83(43)67(93)48(32(3)4)75-63(50)89/h17-18,21-22,25-26,31-34,37-38,42-43,47-50,55-56,72H,19-20,23-24,27-30H2,1-16H3,(H,74,88)(H,75,89)(H,76,86)(H,77,87)/t37-,38+,42+,43+,47-,48-,49+,50-,55+,56+/m1/s1. The van der Waals surface area contributed by atoms with E-state index in [1.807, 2.05) is 0 Å². The minimum atomic E-state index is -1.92. The van der Waals surface area contributed by atoms with Gasteiger partial charge in [-0.15, -0.1) is 0 Å². The third-order valence-electron chi connectivity index (χ3n) is 19.3. The van der Waals surface area contributed by atoms with E-state index in [0.29, 0.717) is 18.4 Å². The fourth-order valence-corrected chi connectivity index (χ4v) is 13.9. The van der Waals surface area contributed by atoms with Crippen LogP contribution in [0.4, 0.5) is 11.4 Å². The Morgan fingerprint density at radius 2 is 1.07 bits per heavy atom. The van der Waals surface area contributed by atoms with Crippen molar-refractivity contribution in [2.45, 2.75) is 169 Å². The van der Waals surface area contributed by atoms with Crippen LogP contribution >= 0.6 is 11.6 Å². The summed E-state index contributed by atoms with van der Waals surface area (Å²) in [6.07, 6.45) is -1.75. The molecular weight excluding hydrogens is 1320 g/mol. The van der Waals surface area contributed by atoms with Crippen LogP contribution < -0.4 is 36.9 Å². The molecule has 0 unspecified atom stereocenters. The largest absolute Gasteiger partial charge is 0.458 e. The van der Waals surface area contributed by atoms with Gasteiger partial charge in [0, 0.05) is 52.4 Å². The van der Waals surface area contributed by atoms with Crippen LogP contribution in [0.2, 0.25) is 5.02 Å². The molecule has 5 aliphatic rings. The molecule has 0 aliphatic carbocycles. The van der Waals surface area contributed by atoms with E-state index in [1.54, 1.807) is 74.4 Å². The van der Waals surface area contributed by atoms with Crippen LogP contribution in [-0.2, 0) is 57.4 Å². The molecule has 4 aromatic rings. The number of cyclic esters (lactones) is 2. The van der Waals surface area contributed by atoms with Gasteiger partial charge >= 0.3 is 17.6 Å². The number of esters is 2. The summed E-state index contributed by atoms with van der Waals surface area (Å²) in [5.41, 5.74) is -2.52. The van der Waals surface area contributed by atoms with E-state index in [9.17, 15) is 43.2 Å². The van der Waals surface area contributed by atoms with Gasteiger partial charge in [0.15, 0.2) is 22.8 Å². The monoisotopic (exact) mass is 1400 g/mol. The minimum absolute atomic E-state index is 0.0178. The van der Waals surface area contributed by atoms with Crippen LogP contribution in [0.1, 0.15) is 127 Å². The predicted molar refractivity (Wildman–Crippen MR) is 365 cm³/mol. The van der Waals surface area contributed by atoms with Crippen LogP contribution in [0.3, 0.4) is 0 Å². The molecule has 9 rings (SSSR count). The molecule has 538 valence electrons. The smallest absolute Gasteiger partial charge is 0.363 e. The molecule has 5 N–H and O–H groups in total. The van der Waals surface area contributed by atoms with Gasteiger partial charge in [0.25, 0.3) is 11.8 Å². The van der Waals surface area contributed by atoms with Gasteiger partial charge in [0.05, 0.1) is 40.6 Å². The summed E-state index contributed by atoms with van der Waals surface area (Å²) >= 11 is 6.70. The molecule has 0 radical (unpaired) electrons. The van der Waals surface area contributed by atoms with Gasteiger partial charge in [-0.25, -0.2) is 19.4 Å². The van der Waals surface area contributed by atoms with Crippen molar-refractivity contribution in [1.29, 1.82) is 0 Å². The molecule has 10 atom stereocenters. The SMILES string of the molecule is Cc1ccc(C(=O)N[C@@H]2C(=O)N[C@H](C(C)C)C(=O)N3CCC[C@H]3C(=O)N(C)CC(=O)N(C)[C@@H](C(C)C)C(=O)O[C@@H]2C)c2c1Oc1c(c(C(=O)N[C@H]3C(=O)N[C@H](C(C)C)C(=O)N4CCC[C@H]4C(=O)N(C)CC(=O)N(C)[C@@H](C(C)C)C(=O)O[C@H]3C)c3nc(-c4ccccc4Cl)c(=O)oc3c1C)N2. The average Bonchev–Trinajstić information content (AvgIpc) is 0.887. The number of halogens is 1. The lowest BCUT2D eigenvalue weighted by Crippen LogP contribution is -2.61. The number of ether oxygens (including phenoxy) is 3. The van der Waals surface area contributed by atoms with Crippen molar-refractivity contribution in [2.75, 3.05) is 59.7 Å². The second kappa shape index (κ2) is 30.0. The molecule has 6 heterocycles. The molecule has 4 saturated heterocycles. The average molecular weight is 1410 g/mol. The zero-order valence-corrected chi connectivity index (χ0v) is 59.9. The molecule has 30 heteroatoms. The molecule has 5 aliphatic heterocycles. The number of aromatic nitrogens is 1. The number of carbonyl (C=O) groups excluding carboxylic acids is 12. The van der Waals surface area contributed by atoms with E-state index < -0.39 is 180 Å². The maximum Gasteiger partial charge on any atom is 0.363 e. The van der Waals surface area contributed by atoms with E-state index >= 15 is 19.2 Å². The van der Waals surface area contributed by atoms with Gasteiger partial charge < -0.3 is 74.6 Å². The van der Waals surface area contributed by atoms with Crippen molar-refractivity contribution in [3.8, 4) is 22.8 Å². The van der Waals surface area contributed by atoms with E-state index in [0.717, 1.165) is 9.80 Å². The topological polar surface area (TPSA) is 355 Å². The number of nitrogens with zero attached hydrogens (tertiary/aromatic N) is 7. The third-order valence-corrected chi connectivity index (χ3v) is 19.6. The molecule has 0 bridgehead atoms. The normalized spacial score (nSPS) is 25.0. The highest BCUT2D eigenvalue weighted by atomic mass is 35.5. The highest BCUT2D eigenvalue weighted by Gasteiger charge is 2.47. The summed E-state index contributed by atoms with van der Waals surface area (Å²) in [5, 5.41) is 14.3. The number of anilines is 2. The quantitative estimate of drug-likeness (QED) is 0.129. The maximum atomic E-state index is 16.1. The molecular formula is C70H89ClN12O17. The Morgan fingerprint density at radius 3 is 1.53 bits per heavy atom. The molecule has 3 aromatic carbocycles. The summed E-state index contributed by atoms with van der Waals surface area (Å²) in [5.74, 6) is -12.3. The molecule has 29 nitrogen and oxygen atoms in total. The number of aryl methyl sites for hydroxylation is 2. The Hall–Kier alpha value is -9.67. The Morgan fingerprint density at radius 1 is 0.600 bits per heavy atom. The molecule has 1 aromatic heterocycles. The first-order valence-corrected chi connectivity index (χ1v) is 34.0. The summed E-state index contributed by atoms with van der Waals surface area (Å²) in [6, 6.07) is -1.81. The number of likely N-dealkylation sites (N-methyl/N-ethyl adjacent to an activating group) is 4.